The summed E-state index contributed by atoms with van der Waals surface area (Å²) in [6, 6.07) is 1.70. The van der Waals surface area contributed by atoms with E-state index in [9.17, 15) is 5.11 Å². The minimum absolute atomic E-state index is 0.00620. The van der Waals surface area contributed by atoms with Crippen molar-refractivity contribution in [3.05, 3.63) is 17.5 Å². The summed E-state index contributed by atoms with van der Waals surface area (Å²) in [5.74, 6) is 0.700. The van der Waals surface area contributed by atoms with E-state index in [4.69, 9.17) is 15.3 Å². The molecule has 16 heavy (non-hydrogen) atoms. The zero-order valence-electron chi connectivity index (χ0n) is 8.53. The lowest BCUT2D eigenvalue weighted by Crippen LogP contribution is -2.15. The number of hydrogen-bond donors (Lipinski definition) is 3. The molecule has 6 heteroatoms. The van der Waals surface area contributed by atoms with Crippen LogP contribution in [0, 0.1) is 10.8 Å². The molecule has 1 aromatic heterocycles. The normalized spacial score (nSPS) is 17.9. The molecular formula is C10H12IN3O2. The Bertz CT molecular complexity index is 425. The van der Waals surface area contributed by atoms with Gasteiger partial charge < -0.3 is 9.63 Å². The summed E-state index contributed by atoms with van der Waals surface area (Å²) in [5, 5.41) is 28.4. The molecule has 0 spiro atoms. The second kappa shape index (κ2) is 4.62. The predicted molar refractivity (Wildman–Crippen MR) is 67.5 cm³/mol. The van der Waals surface area contributed by atoms with Gasteiger partial charge in [-0.15, -0.1) is 0 Å². The molecule has 0 aromatic carbocycles. The molecule has 1 heterocycles. The second-order valence-electron chi connectivity index (χ2n) is 3.91. The third kappa shape index (κ3) is 2.17. The van der Waals surface area contributed by atoms with Crippen molar-refractivity contribution in [2.45, 2.75) is 31.3 Å². The Morgan fingerprint density at radius 2 is 2.25 bits per heavy atom. The number of nitrogens with zero attached hydrogens (tertiary/aromatic N) is 1. The smallest absolute Gasteiger partial charge is 0.171 e. The van der Waals surface area contributed by atoms with Crippen LogP contribution < -0.4 is 0 Å². The Hall–Kier alpha value is -0.760. The van der Waals surface area contributed by atoms with Crippen molar-refractivity contribution in [2.75, 3.05) is 0 Å². The molecule has 0 radical (unpaired) electrons. The number of hydrogen-bond acceptors (Lipinski definition) is 5. The van der Waals surface area contributed by atoms with Crippen LogP contribution in [0.5, 0.6) is 0 Å². The Labute approximate surface area is 106 Å². The largest absolute Gasteiger partial charge is 0.379 e. The lowest BCUT2D eigenvalue weighted by molar-refractivity contribution is 0.200. The Morgan fingerprint density at radius 3 is 2.75 bits per heavy atom. The number of aliphatic hydroxyl groups is 1. The van der Waals surface area contributed by atoms with Crippen molar-refractivity contribution >= 4 is 32.0 Å². The SMILES string of the molecule is N=C(I)C(=N)C(O)c1cc(C2CCC2)no1. The van der Waals surface area contributed by atoms with Crippen LogP contribution in [0.15, 0.2) is 10.6 Å². The minimum Gasteiger partial charge on any atom is -0.379 e. The van der Waals surface area contributed by atoms with Crippen molar-refractivity contribution in [1.29, 1.82) is 10.8 Å². The van der Waals surface area contributed by atoms with Gasteiger partial charge in [0, 0.05) is 12.0 Å². The number of rotatable bonds is 4. The van der Waals surface area contributed by atoms with Crippen LogP contribution in [-0.4, -0.2) is 19.7 Å². The lowest BCUT2D eigenvalue weighted by Gasteiger charge is -2.22. The van der Waals surface area contributed by atoms with E-state index in [-0.39, 0.29) is 15.2 Å². The van der Waals surface area contributed by atoms with Crippen LogP contribution in [-0.2, 0) is 0 Å². The van der Waals surface area contributed by atoms with Crippen LogP contribution in [0.1, 0.15) is 42.7 Å². The molecule has 1 unspecified atom stereocenters. The summed E-state index contributed by atoms with van der Waals surface area (Å²) < 4.78 is 5.02. The highest BCUT2D eigenvalue weighted by Gasteiger charge is 2.26. The van der Waals surface area contributed by atoms with Crippen molar-refractivity contribution in [3.8, 4) is 0 Å². The maximum atomic E-state index is 9.74. The fourth-order valence-electron chi connectivity index (χ4n) is 1.59. The molecule has 2 rings (SSSR count). The molecule has 0 aliphatic heterocycles. The van der Waals surface area contributed by atoms with Gasteiger partial charge in [0.25, 0.3) is 0 Å². The standard InChI is InChI=1S/C10H12IN3O2/c11-10(13)8(12)9(15)7-4-6(14-16-7)5-2-1-3-5/h4-5,9,12-13,15H,1-3H2. The zero-order valence-corrected chi connectivity index (χ0v) is 10.7. The fraction of sp³-hybridized carbons (Fsp3) is 0.500. The van der Waals surface area contributed by atoms with Gasteiger partial charge in [0.15, 0.2) is 11.9 Å². The fourth-order valence-corrected chi connectivity index (χ4v) is 1.89. The van der Waals surface area contributed by atoms with Crippen molar-refractivity contribution in [3.63, 3.8) is 0 Å². The first-order valence-electron chi connectivity index (χ1n) is 5.07. The van der Waals surface area contributed by atoms with E-state index in [1.807, 2.05) is 0 Å². The summed E-state index contributed by atoms with van der Waals surface area (Å²) in [4.78, 5) is 0. The van der Waals surface area contributed by atoms with E-state index >= 15 is 0 Å². The number of aliphatic hydroxyl groups excluding tert-OH is 1. The van der Waals surface area contributed by atoms with Gasteiger partial charge in [-0.05, 0) is 35.4 Å². The molecule has 1 aliphatic rings. The first-order valence-corrected chi connectivity index (χ1v) is 6.15. The molecule has 1 aromatic rings. The summed E-state index contributed by atoms with van der Waals surface area (Å²) in [7, 11) is 0. The van der Waals surface area contributed by atoms with Gasteiger partial charge in [0.2, 0.25) is 0 Å². The van der Waals surface area contributed by atoms with Gasteiger partial charge in [-0.25, -0.2) is 0 Å². The van der Waals surface area contributed by atoms with E-state index in [0.29, 0.717) is 5.92 Å². The first kappa shape index (κ1) is 11.7. The third-order valence-electron chi connectivity index (χ3n) is 2.85. The van der Waals surface area contributed by atoms with Crippen molar-refractivity contribution in [1.82, 2.24) is 5.16 Å². The second-order valence-corrected chi connectivity index (χ2v) is 4.99. The Kier molecular flexibility index (Phi) is 3.38. The van der Waals surface area contributed by atoms with E-state index < -0.39 is 6.10 Å². The van der Waals surface area contributed by atoms with E-state index in [1.54, 1.807) is 28.7 Å². The lowest BCUT2D eigenvalue weighted by atomic mass is 9.83. The monoisotopic (exact) mass is 333 g/mol. The van der Waals surface area contributed by atoms with Gasteiger partial charge >= 0.3 is 0 Å². The van der Waals surface area contributed by atoms with Gasteiger partial charge in [0.05, 0.1) is 11.4 Å². The maximum absolute atomic E-state index is 9.74. The maximum Gasteiger partial charge on any atom is 0.171 e. The molecule has 1 saturated carbocycles. The molecule has 5 nitrogen and oxygen atoms in total. The van der Waals surface area contributed by atoms with E-state index in [2.05, 4.69) is 5.16 Å². The molecule has 86 valence electrons. The topological polar surface area (TPSA) is 94.0 Å². The Morgan fingerprint density at radius 1 is 1.56 bits per heavy atom. The van der Waals surface area contributed by atoms with Gasteiger partial charge in [-0.2, -0.15) is 0 Å². The molecule has 1 aliphatic carbocycles. The summed E-state index contributed by atoms with van der Waals surface area (Å²) in [6.45, 7) is 0. The number of nitrogens with one attached hydrogen (secondary N) is 2. The number of aromatic nitrogens is 1. The summed E-state index contributed by atoms with van der Waals surface area (Å²) >= 11 is 1.69. The van der Waals surface area contributed by atoms with Crippen molar-refractivity contribution < 1.29 is 9.63 Å². The average molecular weight is 333 g/mol. The van der Waals surface area contributed by atoms with E-state index in [1.165, 1.54) is 6.42 Å². The van der Waals surface area contributed by atoms with E-state index in [0.717, 1.165) is 18.5 Å². The molecule has 0 saturated heterocycles. The molecule has 1 fully saturated rings. The van der Waals surface area contributed by atoms with Crippen LogP contribution >= 0.6 is 22.6 Å². The van der Waals surface area contributed by atoms with Gasteiger partial charge in [-0.1, -0.05) is 11.6 Å². The van der Waals surface area contributed by atoms with Gasteiger partial charge in [-0.3, -0.25) is 10.8 Å². The summed E-state index contributed by atoms with van der Waals surface area (Å²) in [6.07, 6.45) is 2.26. The van der Waals surface area contributed by atoms with Crippen LogP contribution in [0.3, 0.4) is 0 Å². The highest BCUT2D eigenvalue weighted by atomic mass is 127. The van der Waals surface area contributed by atoms with Crippen LogP contribution in [0.25, 0.3) is 0 Å². The summed E-state index contributed by atoms with van der Waals surface area (Å²) in [5.41, 5.74) is 0.699. The quantitative estimate of drug-likeness (QED) is 0.583. The van der Waals surface area contributed by atoms with Gasteiger partial charge in [0.1, 0.15) is 3.72 Å². The van der Waals surface area contributed by atoms with Crippen LogP contribution in [0.2, 0.25) is 0 Å². The van der Waals surface area contributed by atoms with Crippen LogP contribution in [0.4, 0.5) is 0 Å². The average Bonchev–Trinajstić information content (AvgIpc) is 2.61. The predicted octanol–water partition coefficient (Wildman–Crippen LogP) is 2.41. The zero-order chi connectivity index (χ0) is 11.7. The molecule has 1 atom stereocenters. The molecular weight excluding hydrogens is 321 g/mol. The Balaban J connectivity index is 2.11. The highest BCUT2D eigenvalue weighted by molar-refractivity contribution is 14.1. The third-order valence-corrected chi connectivity index (χ3v) is 3.43. The molecule has 3 N–H and O–H groups in total. The first-order chi connectivity index (χ1) is 7.59. The number of halogens is 1. The minimum atomic E-state index is -1.18. The molecule has 0 amide bonds. The highest BCUT2D eigenvalue weighted by Crippen LogP contribution is 2.36. The molecule has 0 bridgehead atoms. The van der Waals surface area contributed by atoms with Crippen molar-refractivity contribution in [2.24, 2.45) is 0 Å².